The van der Waals surface area contributed by atoms with E-state index in [0.29, 0.717) is 11.0 Å². The van der Waals surface area contributed by atoms with Crippen LogP contribution in [0.2, 0.25) is 5.02 Å². The summed E-state index contributed by atoms with van der Waals surface area (Å²) >= 11 is 5.88. The molecule has 1 N–H and O–H groups in total. The van der Waals surface area contributed by atoms with Crippen molar-refractivity contribution in [2.75, 3.05) is 32.0 Å². The summed E-state index contributed by atoms with van der Waals surface area (Å²) in [4.78, 5) is 6.56. The number of rotatable bonds is 5. The first-order valence-electron chi connectivity index (χ1n) is 5.63. The molecule has 0 aliphatic rings. The summed E-state index contributed by atoms with van der Waals surface area (Å²) in [5, 5.41) is 8.13. The van der Waals surface area contributed by atoms with E-state index in [9.17, 15) is 0 Å². The van der Waals surface area contributed by atoms with Crippen LogP contribution in [0.1, 0.15) is 6.92 Å². The standard InChI is InChI=1S/C11H16ClN5/c1-3-16(2)7-6-13-11-14-10-5-4-9(12)8-17(10)15-11/h4-5,8H,3,6-7H2,1-2H3,(H,13,15). The number of pyridine rings is 1. The third-order valence-electron chi connectivity index (χ3n) is 2.61. The van der Waals surface area contributed by atoms with E-state index in [1.165, 1.54) is 0 Å². The minimum Gasteiger partial charge on any atom is -0.352 e. The molecule has 17 heavy (non-hydrogen) atoms. The van der Waals surface area contributed by atoms with Gasteiger partial charge in [0.1, 0.15) is 0 Å². The highest BCUT2D eigenvalue weighted by Crippen LogP contribution is 2.11. The van der Waals surface area contributed by atoms with E-state index >= 15 is 0 Å². The van der Waals surface area contributed by atoms with E-state index in [4.69, 9.17) is 11.6 Å². The zero-order valence-corrected chi connectivity index (χ0v) is 10.8. The first-order chi connectivity index (χ1) is 8.19. The van der Waals surface area contributed by atoms with Crippen LogP contribution >= 0.6 is 11.6 Å². The van der Waals surface area contributed by atoms with Gasteiger partial charge in [0, 0.05) is 19.3 Å². The number of nitrogens with one attached hydrogen (secondary N) is 1. The Labute approximate surface area is 105 Å². The van der Waals surface area contributed by atoms with Crippen LogP contribution in [0.3, 0.4) is 0 Å². The van der Waals surface area contributed by atoms with E-state index in [0.717, 1.165) is 25.3 Å². The Bertz CT molecular complexity index is 496. The molecular formula is C11H16ClN5. The maximum absolute atomic E-state index is 5.88. The van der Waals surface area contributed by atoms with Crippen LogP contribution in [-0.2, 0) is 0 Å². The Morgan fingerprint density at radius 3 is 3.06 bits per heavy atom. The molecule has 2 rings (SSSR count). The lowest BCUT2D eigenvalue weighted by Gasteiger charge is -2.12. The third kappa shape index (κ3) is 3.08. The van der Waals surface area contributed by atoms with Gasteiger partial charge in [-0.1, -0.05) is 18.5 Å². The lowest BCUT2D eigenvalue weighted by Crippen LogP contribution is -2.24. The molecule has 6 heteroatoms. The Morgan fingerprint density at radius 1 is 1.47 bits per heavy atom. The second-order valence-corrected chi connectivity index (χ2v) is 4.34. The van der Waals surface area contributed by atoms with Crippen molar-refractivity contribution in [1.82, 2.24) is 19.5 Å². The van der Waals surface area contributed by atoms with E-state index in [-0.39, 0.29) is 0 Å². The van der Waals surface area contributed by atoms with E-state index in [1.54, 1.807) is 16.8 Å². The van der Waals surface area contributed by atoms with Gasteiger partial charge >= 0.3 is 0 Å². The number of halogens is 1. The molecule has 0 aliphatic heterocycles. The molecule has 0 spiro atoms. The van der Waals surface area contributed by atoms with Crippen molar-refractivity contribution in [3.05, 3.63) is 23.4 Å². The maximum atomic E-state index is 5.88. The fourth-order valence-electron chi connectivity index (χ4n) is 1.45. The van der Waals surface area contributed by atoms with Crippen LogP contribution in [0, 0.1) is 0 Å². The highest BCUT2D eigenvalue weighted by Gasteiger charge is 2.03. The van der Waals surface area contributed by atoms with Gasteiger partial charge in [-0.05, 0) is 25.7 Å². The van der Waals surface area contributed by atoms with Crippen LogP contribution in [0.4, 0.5) is 5.95 Å². The molecule has 0 fully saturated rings. The maximum Gasteiger partial charge on any atom is 0.243 e. The average molecular weight is 254 g/mol. The van der Waals surface area contributed by atoms with Gasteiger partial charge in [0.25, 0.3) is 0 Å². The summed E-state index contributed by atoms with van der Waals surface area (Å²) in [7, 11) is 2.08. The largest absolute Gasteiger partial charge is 0.352 e. The SMILES string of the molecule is CCN(C)CCNc1nc2ccc(Cl)cn2n1. The number of hydrogen-bond donors (Lipinski definition) is 1. The van der Waals surface area contributed by atoms with Crippen LogP contribution in [0.15, 0.2) is 18.3 Å². The fraction of sp³-hybridized carbons (Fsp3) is 0.455. The number of nitrogens with zero attached hydrogens (tertiary/aromatic N) is 4. The topological polar surface area (TPSA) is 45.5 Å². The molecule has 0 unspecified atom stereocenters. The fourth-order valence-corrected chi connectivity index (χ4v) is 1.60. The van der Waals surface area contributed by atoms with Crippen molar-refractivity contribution in [3.8, 4) is 0 Å². The highest BCUT2D eigenvalue weighted by atomic mass is 35.5. The van der Waals surface area contributed by atoms with Crippen molar-refractivity contribution in [2.24, 2.45) is 0 Å². The summed E-state index contributed by atoms with van der Waals surface area (Å²) in [6.07, 6.45) is 1.74. The van der Waals surface area contributed by atoms with E-state index < -0.39 is 0 Å². The molecule has 5 nitrogen and oxygen atoms in total. The average Bonchev–Trinajstić information content (AvgIpc) is 2.70. The van der Waals surface area contributed by atoms with Crippen molar-refractivity contribution < 1.29 is 0 Å². The first kappa shape index (κ1) is 12.1. The predicted molar refractivity (Wildman–Crippen MR) is 69.7 cm³/mol. The number of hydrogen-bond acceptors (Lipinski definition) is 4. The zero-order valence-electron chi connectivity index (χ0n) is 10.0. The molecule has 0 radical (unpaired) electrons. The van der Waals surface area contributed by atoms with Crippen LogP contribution in [0.25, 0.3) is 5.65 Å². The molecule has 2 aromatic heterocycles. The molecule has 0 bridgehead atoms. The van der Waals surface area contributed by atoms with Crippen molar-refractivity contribution in [3.63, 3.8) is 0 Å². The second kappa shape index (κ2) is 5.33. The molecule has 0 saturated heterocycles. The van der Waals surface area contributed by atoms with Crippen LogP contribution in [-0.4, -0.2) is 46.2 Å². The van der Waals surface area contributed by atoms with Gasteiger partial charge in [-0.2, -0.15) is 4.98 Å². The lowest BCUT2D eigenvalue weighted by atomic mass is 10.5. The molecule has 0 saturated carbocycles. The Hall–Kier alpha value is -1.33. The van der Waals surface area contributed by atoms with Gasteiger partial charge in [-0.3, -0.25) is 0 Å². The monoisotopic (exact) mass is 253 g/mol. The number of fused-ring (bicyclic) bond motifs is 1. The Kier molecular flexibility index (Phi) is 3.81. The molecule has 0 aromatic carbocycles. The summed E-state index contributed by atoms with van der Waals surface area (Å²) in [6, 6.07) is 3.65. The number of anilines is 1. The molecule has 2 heterocycles. The van der Waals surface area contributed by atoms with Gasteiger partial charge < -0.3 is 10.2 Å². The molecule has 92 valence electrons. The molecule has 0 amide bonds. The smallest absolute Gasteiger partial charge is 0.243 e. The van der Waals surface area contributed by atoms with Gasteiger partial charge in [0.2, 0.25) is 5.95 Å². The molecule has 0 aliphatic carbocycles. The van der Waals surface area contributed by atoms with Gasteiger partial charge in [-0.25, -0.2) is 4.52 Å². The van der Waals surface area contributed by atoms with Crippen molar-refractivity contribution in [1.29, 1.82) is 0 Å². The first-order valence-corrected chi connectivity index (χ1v) is 6.01. The van der Waals surface area contributed by atoms with Crippen LogP contribution < -0.4 is 5.32 Å². The zero-order chi connectivity index (χ0) is 12.3. The second-order valence-electron chi connectivity index (χ2n) is 3.91. The highest BCUT2D eigenvalue weighted by molar-refractivity contribution is 6.30. The quantitative estimate of drug-likeness (QED) is 0.882. The summed E-state index contributed by atoms with van der Waals surface area (Å²) in [6.45, 7) is 4.96. The van der Waals surface area contributed by atoms with Crippen molar-refractivity contribution >= 4 is 23.2 Å². The van der Waals surface area contributed by atoms with Gasteiger partial charge in [-0.15, -0.1) is 5.10 Å². The van der Waals surface area contributed by atoms with Crippen LogP contribution in [0.5, 0.6) is 0 Å². The summed E-state index contributed by atoms with van der Waals surface area (Å²) in [5.74, 6) is 0.636. The third-order valence-corrected chi connectivity index (χ3v) is 2.83. The minimum absolute atomic E-state index is 0.636. The predicted octanol–water partition coefficient (Wildman–Crippen LogP) is 1.75. The summed E-state index contributed by atoms with van der Waals surface area (Å²) in [5.41, 5.74) is 0.792. The van der Waals surface area contributed by atoms with Crippen molar-refractivity contribution in [2.45, 2.75) is 6.92 Å². The number of likely N-dealkylation sites (N-methyl/N-ethyl adjacent to an activating group) is 1. The Balaban J connectivity index is 1.99. The van der Waals surface area contributed by atoms with Gasteiger partial charge in [0.15, 0.2) is 5.65 Å². The normalized spacial score (nSPS) is 11.3. The lowest BCUT2D eigenvalue weighted by molar-refractivity contribution is 0.367. The van der Waals surface area contributed by atoms with Gasteiger partial charge in [0.05, 0.1) is 5.02 Å². The van der Waals surface area contributed by atoms with E-state index in [1.807, 2.05) is 6.07 Å². The van der Waals surface area contributed by atoms with E-state index in [2.05, 4.69) is 34.3 Å². The minimum atomic E-state index is 0.636. The molecule has 2 aromatic rings. The molecule has 0 atom stereocenters. The Morgan fingerprint density at radius 2 is 2.29 bits per heavy atom. The molecular weight excluding hydrogens is 238 g/mol. The number of aromatic nitrogens is 3. The summed E-state index contributed by atoms with van der Waals surface area (Å²) < 4.78 is 1.67.